The monoisotopic (exact) mass is 352 g/mol. The van der Waals surface area contributed by atoms with Crippen molar-refractivity contribution in [3.05, 3.63) is 29.3 Å². The molecule has 1 heterocycles. The second-order valence-corrected chi connectivity index (χ2v) is 6.76. The Labute approximate surface area is 150 Å². The van der Waals surface area contributed by atoms with Crippen molar-refractivity contribution in [2.75, 3.05) is 53.6 Å². The van der Waals surface area contributed by atoms with Crippen LogP contribution in [0.25, 0.3) is 0 Å². The molecule has 1 aliphatic heterocycles. The number of morpholine rings is 1. The maximum Gasteiger partial charge on any atom is 0.168 e. The normalized spacial score (nSPS) is 15.1. The van der Waals surface area contributed by atoms with Gasteiger partial charge in [-0.3, -0.25) is 0 Å². The topological polar surface area (TPSA) is 38.2 Å². The van der Waals surface area contributed by atoms with E-state index in [0.29, 0.717) is 0 Å². The molecular formula is C18H30N3O2S+. The fourth-order valence-electron chi connectivity index (χ4n) is 2.94. The number of quaternary nitrogens is 1. The van der Waals surface area contributed by atoms with Crippen LogP contribution >= 0.6 is 12.2 Å². The summed E-state index contributed by atoms with van der Waals surface area (Å²) in [6, 6.07) is 6.23. The van der Waals surface area contributed by atoms with E-state index in [2.05, 4.69) is 29.3 Å². The molecule has 0 radical (unpaired) electrons. The number of hydrogen-bond acceptors (Lipinski definition) is 3. The standard InChI is InChI=1S/C18H29N3O2S/c1-15-5-6-17(22-3)16(13-15)14-20(2)18(24)19-7-4-8-21-9-11-23-12-10-21/h5-6,13H,4,7-12,14H2,1-3H3,(H,19,24)/p+1. The van der Waals surface area contributed by atoms with Gasteiger partial charge < -0.3 is 24.6 Å². The zero-order chi connectivity index (χ0) is 17.4. The van der Waals surface area contributed by atoms with E-state index in [0.717, 1.165) is 62.2 Å². The van der Waals surface area contributed by atoms with Crippen molar-refractivity contribution in [2.24, 2.45) is 0 Å². The highest BCUT2D eigenvalue weighted by atomic mass is 32.1. The van der Waals surface area contributed by atoms with Crippen molar-refractivity contribution in [1.82, 2.24) is 10.2 Å². The Hall–Kier alpha value is -1.37. The zero-order valence-corrected chi connectivity index (χ0v) is 15.9. The Morgan fingerprint density at radius 3 is 2.83 bits per heavy atom. The smallest absolute Gasteiger partial charge is 0.168 e. The Kier molecular flexibility index (Phi) is 7.75. The van der Waals surface area contributed by atoms with Gasteiger partial charge in [0.2, 0.25) is 0 Å². The van der Waals surface area contributed by atoms with Gasteiger partial charge in [0.15, 0.2) is 5.11 Å². The minimum Gasteiger partial charge on any atom is -0.496 e. The van der Waals surface area contributed by atoms with E-state index in [1.165, 1.54) is 12.1 Å². The van der Waals surface area contributed by atoms with Gasteiger partial charge in [-0.2, -0.15) is 0 Å². The molecule has 24 heavy (non-hydrogen) atoms. The maximum atomic E-state index is 5.51. The van der Waals surface area contributed by atoms with Crippen LogP contribution in [-0.4, -0.2) is 63.6 Å². The van der Waals surface area contributed by atoms with E-state index in [1.54, 1.807) is 12.0 Å². The SMILES string of the molecule is COc1ccc(C)cc1CN(C)C(=S)NCCC[NH+]1CCOCC1. The van der Waals surface area contributed by atoms with Gasteiger partial charge in [-0.15, -0.1) is 0 Å². The van der Waals surface area contributed by atoms with Crippen LogP contribution in [0, 0.1) is 6.92 Å². The van der Waals surface area contributed by atoms with Crippen LogP contribution in [0.1, 0.15) is 17.5 Å². The first-order chi connectivity index (χ1) is 11.6. The van der Waals surface area contributed by atoms with Gasteiger partial charge in [-0.25, -0.2) is 0 Å². The lowest BCUT2D eigenvalue weighted by Crippen LogP contribution is -3.14. The van der Waals surface area contributed by atoms with Crippen molar-refractivity contribution in [3.8, 4) is 5.75 Å². The third kappa shape index (κ3) is 5.92. The summed E-state index contributed by atoms with van der Waals surface area (Å²) in [5.41, 5.74) is 2.38. The Morgan fingerprint density at radius 1 is 1.38 bits per heavy atom. The maximum absolute atomic E-state index is 5.51. The highest BCUT2D eigenvalue weighted by Crippen LogP contribution is 2.20. The number of ether oxygens (including phenoxy) is 2. The van der Waals surface area contributed by atoms with Crippen LogP contribution < -0.4 is 15.0 Å². The quantitative estimate of drug-likeness (QED) is 0.556. The fraction of sp³-hybridized carbons (Fsp3) is 0.611. The molecule has 0 aliphatic carbocycles. The third-order valence-electron chi connectivity index (χ3n) is 4.37. The highest BCUT2D eigenvalue weighted by Gasteiger charge is 2.13. The summed E-state index contributed by atoms with van der Waals surface area (Å²) in [6.45, 7) is 8.95. The van der Waals surface area contributed by atoms with Gasteiger partial charge in [0.1, 0.15) is 18.8 Å². The molecule has 2 N–H and O–H groups in total. The fourth-order valence-corrected chi connectivity index (χ4v) is 3.10. The number of hydrogen-bond donors (Lipinski definition) is 2. The number of nitrogens with one attached hydrogen (secondary N) is 2. The number of benzene rings is 1. The first-order valence-corrected chi connectivity index (χ1v) is 9.04. The summed E-state index contributed by atoms with van der Waals surface area (Å²) in [5, 5.41) is 4.15. The van der Waals surface area contributed by atoms with Crippen LogP contribution in [0.4, 0.5) is 0 Å². The molecule has 0 spiro atoms. The van der Waals surface area contributed by atoms with Crippen LogP contribution in [-0.2, 0) is 11.3 Å². The molecule has 0 amide bonds. The van der Waals surface area contributed by atoms with E-state index in [9.17, 15) is 0 Å². The van der Waals surface area contributed by atoms with Crippen molar-refractivity contribution in [1.29, 1.82) is 0 Å². The molecule has 2 rings (SSSR count). The van der Waals surface area contributed by atoms with Crippen LogP contribution in [0.5, 0.6) is 5.75 Å². The second kappa shape index (κ2) is 9.81. The summed E-state index contributed by atoms with van der Waals surface area (Å²) in [6.07, 6.45) is 1.12. The molecule has 1 aromatic rings. The molecule has 1 aromatic carbocycles. The van der Waals surface area contributed by atoms with Crippen molar-refractivity contribution in [2.45, 2.75) is 19.9 Å². The number of thiocarbonyl (C=S) groups is 1. The predicted molar refractivity (Wildman–Crippen MR) is 101 cm³/mol. The van der Waals surface area contributed by atoms with Gasteiger partial charge in [0, 0.05) is 32.1 Å². The van der Waals surface area contributed by atoms with Crippen LogP contribution in [0.3, 0.4) is 0 Å². The molecule has 0 unspecified atom stereocenters. The van der Waals surface area contributed by atoms with Gasteiger partial charge in [-0.05, 0) is 25.2 Å². The average Bonchev–Trinajstić information content (AvgIpc) is 2.59. The zero-order valence-electron chi connectivity index (χ0n) is 15.1. The molecule has 134 valence electrons. The van der Waals surface area contributed by atoms with Gasteiger partial charge >= 0.3 is 0 Å². The second-order valence-electron chi connectivity index (χ2n) is 6.37. The van der Waals surface area contributed by atoms with E-state index < -0.39 is 0 Å². The summed E-state index contributed by atoms with van der Waals surface area (Å²) >= 11 is 5.51. The number of nitrogens with zero attached hydrogens (tertiary/aromatic N) is 1. The molecule has 6 heteroatoms. The number of methoxy groups -OCH3 is 1. The largest absolute Gasteiger partial charge is 0.496 e. The molecule has 0 saturated carbocycles. The van der Waals surface area contributed by atoms with E-state index >= 15 is 0 Å². The average molecular weight is 353 g/mol. The minimum atomic E-state index is 0.741. The highest BCUT2D eigenvalue weighted by molar-refractivity contribution is 7.80. The van der Waals surface area contributed by atoms with Crippen LogP contribution in [0.2, 0.25) is 0 Å². The van der Waals surface area contributed by atoms with Gasteiger partial charge in [0.25, 0.3) is 0 Å². The van der Waals surface area contributed by atoms with E-state index in [4.69, 9.17) is 21.7 Å². The Morgan fingerprint density at radius 2 is 2.12 bits per heavy atom. The molecule has 1 saturated heterocycles. The number of rotatable bonds is 7. The molecular weight excluding hydrogens is 322 g/mol. The van der Waals surface area contributed by atoms with Crippen molar-refractivity contribution in [3.63, 3.8) is 0 Å². The lowest BCUT2D eigenvalue weighted by Gasteiger charge is -2.25. The van der Waals surface area contributed by atoms with E-state index in [1.807, 2.05) is 13.1 Å². The lowest BCUT2D eigenvalue weighted by molar-refractivity contribution is -0.908. The molecule has 0 atom stereocenters. The molecule has 1 fully saturated rings. The molecule has 5 nitrogen and oxygen atoms in total. The van der Waals surface area contributed by atoms with Crippen molar-refractivity contribution < 1.29 is 14.4 Å². The van der Waals surface area contributed by atoms with E-state index in [-0.39, 0.29) is 0 Å². The summed E-state index contributed by atoms with van der Waals surface area (Å²) < 4.78 is 10.8. The lowest BCUT2D eigenvalue weighted by atomic mass is 10.1. The summed E-state index contributed by atoms with van der Waals surface area (Å²) in [7, 11) is 3.73. The van der Waals surface area contributed by atoms with Crippen molar-refractivity contribution >= 4 is 17.3 Å². The van der Waals surface area contributed by atoms with Gasteiger partial charge in [0.05, 0.1) is 26.9 Å². The minimum absolute atomic E-state index is 0.741. The van der Waals surface area contributed by atoms with Gasteiger partial charge in [-0.1, -0.05) is 17.7 Å². The first-order valence-electron chi connectivity index (χ1n) is 8.64. The molecule has 0 aromatic heterocycles. The predicted octanol–water partition coefficient (Wildman–Crippen LogP) is 0.615. The third-order valence-corrected chi connectivity index (χ3v) is 4.83. The van der Waals surface area contributed by atoms with Crippen LogP contribution in [0.15, 0.2) is 18.2 Å². The first kappa shape index (κ1) is 19.0. The summed E-state index contributed by atoms with van der Waals surface area (Å²) in [5.74, 6) is 0.908. The number of aryl methyl sites for hydroxylation is 1. The molecule has 0 bridgehead atoms. The molecule has 1 aliphatic rings. The Balaban J connectivity index is 1.72. The Bertz CT molecular complexity index is 533. The summed E-state index contributed by atoms with van der Waals surface area (Å²) in [4.78, 5) is 3.70.